The standard InChI is InChI=1S/C18H16Cl2N2O2S/c1-11-7-12(19)3-5-14(11)18-15-8-13(20)4-6-16(15)22(10-25(2)24)17(23)9-21-18/h3-8H,9-10H2,1-2H3. The van der Waals surface area contributed by atoms with Gasteiger partial charge in [0, 0.05) is 21.2 Å². The third kappa shape index (κ3) is 3.85. The number of fused-ring (bicyclic) bond motifs is 1. The number of nitrogens with zero attached hydrogens (tertiary/aromatic N) is 2. The molecule has 3 rings (SSSR count). The van der Waals surface area contributed by atoms with E-state index < -0.39 is 11.2 Å². The number of aryl methyl sites for hydroxylation is 1. The van der Waals surface area contributed by atoms with Crippen molar-refractivity contribution in [3.05, 3.63) is 63.1 Å². The van der Waals surface area contributed by atoms with Crippen LogP contribution in [0, 0.1) is 6.92 Å². The first kappa shape index (κ1) is 18.3. The van der Waals surface area contributed by atoms with Crippen LogP contribution in [0.2, 0.25) is 10.0 Å². The van der Waals surface area contributed by atoms with Gasteiger partial charge in [-0.05, 0) is 54.0 Å². The third-order valence-electron chi connectivity index (χ3n) is 3.93. The summed E-state index contributed by atoms with van der Waals surface area (Å²) in [6, 6.07) is 10.8. The Morgan fingerprint density at radius 3 is 2.52 bits per heavy atom. The predicted octanol–water partition coefficient (Wildman–Crippen LogP) is 3.82. The van der Waals surface area contributed by atoms with Crippen LogP contribution in [0.1, 0.15) is 16.7 Å². The lowest BCUT2D eigenvalue weighted by Crippen LogP contribution is -2.36. The van der Waals surface area contributed by atoms with Gasteiger partial charge in [-0.15, -0.1) is 0 Å². The summed E-state index contributed by atoms with van der Waals surface area (Å²) in [5.74, 6) is -0.0732. The van der Waals surface area contributed by atoms with Crippen molar-refractivity contribution >= 4 is 51.7 Å². The van der Waals surface area contributed by atoms with Gasteiger partial charge in [0.1, 0.15) is 6.54 Å². The second-order valence-electron chi connectivity index (χ2n) is 5.81. The molecular formula is C18H16Cl2N2O2S. The van der Waals surface area contributed by atoms with Crippen molar-refractivity contribution in [3.63, 3.8) is 0 Å². The fraction of sp³-hybridized carbons (Fsp3) is 0.222. The molecule has 0 saturated heterocycles. The topological polar surface area (TPSA) is 55.7 Å². The average molecular weight is 395 g/mol. The largest absolute Gasteiger partial charge is 0.615 e. The van der Waals surface area contributed by atoms with Gasteiger partial charge in [0.15, 0.2) is 5.88 Å². The van der Waals surface area contributed by atoms with Crippen LogP contribution in [0.5, 0.6) is 0 Å². The lowest BCUT2D eigenvalue weighted by molar-refractivity contribution is -0.117. The van der Waals surface area contributed by atoms with Gasteiger partial charge in [-0.25, -0.2) is 0 Å². The smallest absolute Gasteiger partial charge is 0.252 e. The number of amides is 1. The van der Waals surface area contributed by atoms with Crippen LogP contribution in [-0.4, -0.2) is 34.8 Å². The summed E-state index contributed by atoms with van der Waals surface area (Å²) in [4.78, 5) is 18.6. The van der Waals surface area contributed by atoms with Crippen molar-refractivity contribution in [1.82, 2.24) is 0 Å². The number of hydrogen-bond donors (Lipinski definition) is 0. The number of carbonyl (C=O) groups is 1. The summed E-state index contributed by atoms with van der Waals surface area (Å²) >= 11 is 11.1. The normalized spacial score (nSPS) is 15.5. The van der Waals surface area contributed by atoms with E-state index >= 15 is 0 Å². The van der Waals surface area contributed by atoms with Gasteiger partial charge in [-0.2, -0.15) is 0 Å². The zero-order valence-corrected chi connectivity index (χ0v) is 16.1. The fourth-order valence-corrected chi connectivity index (χ4v) is 3.88. The molecule has 0 aromatic heterocycles. The molecule has 4 nitrogen and oxygen atoms in total. The molecule has 0 N–H and O–H groups in total. The molecule has 2 aromatic carbocycles. The molecule has 1 heterocycles. The minimum atomic E-state index is -1.16. The fourth-order valence-electron chi connectivity index (χ4n) is 2.83. The molecule has 2 aromatic rings. The van der Waals surface area contributed by atoms with Crippen LogP contribution < -0.4 is 4.90 Å². The summed E-state index contributed by atoms with van der Waals surface area (Å²) in [6.45, 7) is 1.93. The van der Waals surface area contributed by atoms with Gasteiger partial charge in [-0.3, -0.25) is 14.7 Å². The number of halogens is 2. The molecule has 1 atom stereocenters. The van der Waals surface area contributed by atoms with Crippen LogP contribution in [0.4, 0.5) is 5.69 Å². The Labute approximate surface area is 159 Å². The van der Waals surface area contributed by atoms with Crippen LogP contribution in [0.3, 0.4) is 0 Å². The molecule has 1 aliphatic heterocycles. The molecule has 0 fully saturated rings. The number of carbonyl (C=O) groups excluding carboxylic acids is 1. The highest BCUT2D eigenvalue weighted by Crippen LogP contribution is 2.31. The third-order valence-corrected chi connectivity index (χ3v) is 5.02. The van der Waals surface area contributed by atoms with Gasteiger partial charge in [0.25, 0.3) is 5.91 Å². The first-order valence-corrected chi connectivity index (χ1v) is 10.1. The summed E-state index contributed by atoms with van der Waals surface area (Å²) in [7, 11) is 0. The van der Waals surface area contributed by atoms with Gasteiger partial charge in [0.2, 0.25) is 0 Å². The highest BCUT2D eigenvalue weighted by atomic mass is 35.5. The lowest BCUT2D eigenvalue weighted by Gasteiger charge is -2.23. The first-order valence-electron chi connectivity index (χ1n) is 7.58. The van der Waals surface area contributed by atoms with E-state index in [1.54, 1.807) is 30.5 Å². The number of benzodiazepines with no additional fused rings is 1. The Bertz CT molecular complexity index is 868. The van der Waals surface area contributed by atoms with Crippen molar-refractivity contribution in [2.45, 2.75) is 6.92 Å². The number of hydrogen-bond acceptors (Lipinski definition) is 3. The summed E-state index contributed by atoms with van der Waals surface area (Å²) in [6.07, 6.45) is 1.57. The molecule has 0 spiro atoms. The van der Waals surface area contributed by atoms with Crippen LogP contribution in [0.15, 0.2) is 41.4 Å². The Balaban J connectivity index is 2.19. The second kappa shape index (κ2) is 7.38. The minimum Gasteiger partial charge on any atom is -0.615 e. The van der Waals surface area contributed by atoms with Gasteiger partial charge < -0.3 is 4.55 Å². The molecule has 0 bridgehead atoms. The van der Waals surface area contributed by atoms with Crippen molar-refractivity contribution in [2.75, 3.05) is 23.6 Å². The Morgan fingerprint density at radius 2 is 1.84 bits per heavy atom. The molecule has 0 radical (unpaired) electrons. The van der Waals surface area contributed by atoms with E-state index in [4.69, 9.17) is 23.2 Å². The van der Waals surface area contributed by atoms with E-state index in [9.17, 15) is 9.35 Å². The number of aliphatic imine (C=N–C) groups is 1. The zero-order valence-electron chi connectivity index (χ0n) is 13.8. The van der Waals surface area contributed by atoms with E-state index in [1.165, 1.54) is 4.90 Å². The highest BCUT2D eigenvalue weighted by Gasteiger charge is 2.28. The van der Waals surface area contributed by atoms with E-state index in [-0.39, 0.29) is 18.3 Å². The van der Waals surface area contributed by atoms with Crippen molar-refractivity contribution in [1.29, 1.82) is 0 Å². The molecule has 130 valence electrons. The Hall–Kier alpha value is -1.53. The van der Waals surface area contributed by atoms with E-state index in [1.807, 2.05) is 19.1 Å². The van der Waals surface area contributed by atoms with Crippen LogP contribution in [-0.2, 0) is 16.0 Å². The van der Waals surface area contributed by atoms with Gasteiger partial charge in [0.05, 0.1) is 17.7 Å². The molecule has 1 unspecified atom stereocenters. The second-order valence-corrected chi connectivity index (χ2v) is 8.09. The Kier molecular flexibility index (Phi) is 5.39. The van der Waals surface area contributed by atoms with Crippen LogP contribution in [0.25, 0.3) is 0 Å². The zero-order chi connectivity index (χ0) is 18.1. The van der Waals surface area contributed by atoms with Gasteiger partial charge in [-0.1, -0.05) is 29.3 Å². The average Bonchev–Trinajstić information content (AvgIpc) is 2.66. The van der Waals surface area contributed by atoms with Crippen molar-refractivity contribution < 1.29 is 9.35 Å². The van der Waals surface area contributed by atoms with E-state index in [0.29, 0.717) is 21.4 Å². The van der Waals surface area contributed by atoms with Crippen LogP contribution >= 0.6 is 23.2 Å². The minimum absolute atomic E-state index is 0.0130. The predicted molar refractivity (Wildman–Crippen MR) is 105 cm³/mol. The molecule has 25 heavy (non-hydrogen) atoms. The van der Waals surface area contributed by atoms with Crippen molar-refractivity contribution in [2.24, 2.45) is 4.99 Å². The summed E-state index contributed by atoms with van der Waals surface area (Å²) in [5, 5.41) is 1.19. The monoisotopic (exact) mass is 394 g/mol. The summed E-state index contributed by atoms with van der Waals surface area (Å²) in [5.41, 5.74) is 3.94. The molecule has 0 aliphatic carbocycles. The number of rotatable bonds is 3. The maximum atomic E-state index is 12.5. The van der Waals surface area contributed by atoms with E-state index in [2.05, 4.69) is 4.99 Å². The number of anilines is 1. The van der Waals surface area contributed by atoms with Crippen molar-refractivity contribution in [3.8, 4) is 0 Å². The lowest BCUT2D eigenvalue weighted by atomic mass is 9.97. The van der Waals surface area contributed by atoms with Gasteiger partial charge >= 0.3 is 0 Å². The summed E-state index contributed by atoms with van der Waals surface area (Å²) < 4.78 is 11.7. The molecule has 1 aliphatic rings. The molecule has 7 heteroatoms. The first-order chi connectivity index (χ1) is 11.9. The SMILES string of the molecule is Cc1cc(Cl)ccc1C1=NCC(=O)N(C[S+](C)[O-])c2ccc(Cl)cc21. The highest BCUT2D eigenvalue weighted by molar-refractivity contribution is 7.90. The quantitative estimate of drug-likeness (QED) is 0.742. The maximum Gasteiger partial charge on any atom is 0.252 e. The Morgan fingerprint density at radius 1 is 1.16 bits per heavy atom. The maximum absolute atomic E-state index is 12.5. The molecular weight excluding hydrogens is 379 g/mol. The van der Waals surface area contributed by atoms with E-state index in [0.717, 1.165) is 16.7 Å². The number of benzene rings is 2. The molecule has 1 amide bonds. The molecule has 0 saturated carbocycles.